The molecule has 0 spiro atoms. The number of fused-ring (bicyclic) bond motifs is 1. The SMILES string of the molecule is O=c1cc([O-])c2ccccc2o1. The summed E-state index contributed by atoms with van der Waals surface area (Å²) in [7, 11) is 0. The fraction of sp³-hybridized carbons (Fsp3) is 0. The summed E-state index contributed by atoms with van der Waals surface area (Å²) in [4.78, 5) is 10.7. The van der Waals surface area contributed by atoms with Gasteiger partial charge in [-0.25, -0.2) is 4.79 Å². The molecule has 0 N–H and O–H groups in total. The predicted octanol–water partition coefficient (Wildman–Crippen LogP) is 0.867. The maximum Gasteiger partial charge on any atom is 0.335 e. The van der Waals surface area contributed by atoms with Crippen LogP contribution in [0.15, 0.2) is 39.5 Å². The van der Waals surface area contributed by atoms with Gasteiger partial charge in [-0.3, -0.25) is 0 Å². The minimum absolute atomic E-state index is 0.290. The zero-order valence-electron chi connectivity index (χ0n) is 6.11. The molecule has 0 amide bonds. The second-order valence-corrected chi connectivity index (χ2v) is 2.43. The average molecular weight is 161 g/mol. The highest BCUT2D eigenvalue weighted by atomic mass is 16.4. The number of hydrogen-bond donors (Lipinski definition) is 0. The van der Waals surface area contributed by atoms with E-state index in [2.05, 4.69) is 0 Å². The molecular weight excluding hydrogens is 156 g/mol. The molecular formula is C9H5O3-. The Labute approximate surface area is 67.9 Å². The van der Waals surface area contributed by atoms with Crippen LogP contribution < -0.4 is 10.7 Å². The highest BCUT2D eigenvalue weighted by Crippen LogP contribution is 2.18. The van der Waals surface area contributed by atoms with Gasteiger partial charge in [-0.2, -0.15) is 0 Å². The first-order valence-electron chi connectivity index (χ1n) is 3.47. The smallest absolute Gasteiger partial charge is 0.335 e. The van der Waals surface area contributed by atoms with E-state index in [1.54, 1.807) is 24.3 Å². The van der Waals surface area contributed by atoms with E-state index >= 15 is 0 Å². The van der Waals surface area contributed by atoms with Gasteiger partial charge in [0.1, 0.15) is 5.58 Å². The molecule has 0 bridgehead atoms. The Balaban J connectivity index is 2.99. The van der Waals surface area contributed by atoms with E-state index in [1.807, 2.05) is 0 Å². The Morgan fingerprint density at radius 3 is 2.83 bits per heavy atom. The molecule has 0 fully saturated rings. The van der Waals surface area contributed by atoms with E-state index in [9.17, 15) is 9.90 Å². The van der Waals surface area contributed by atoms with Crippen LogP contribution >= 0.6 is 0 Å². The van der Waals surface area contributed by atoms with Gasteiger partial charge < -0.3 is 9.52 Å². The van der Waals surface area contributed by atoms with Crippen molar-refractivity contribution < 1.29 is 9.52 Å². The molecule has 1 aromatic carbocycles. The van der Waals surface area contributed by atoms with Crippen LogP contribution in [0.1, 0.15) is 0 Å². The summed E-state index contributed by atoms with van der Waals surface area (Å²) in [5.41, 5.74) is -0.256. The molecule has 0 aliphatic rings. The van der Waals surface area contributed by atoms with Crippen molar-refractivity contribution in [2.45, 2.75) is 0 Å². The minimum Gasteiger partial charge on any atom is -0.872 e. The molecule has 1 aromatic heterocycles. The van der Waals surface area contributed by atoms with Crippen molar-refractivity contribution in [3.05, 3.63) is 40.8 Å². The Bertz CT molecular complexity index is 470. The summed E-state index contributed by atoms with van der Waals surface area (Å²) in [6, 6.07) is 7.61. The van der Waals surface area contributed by atoms with Crippen LogP contribution in [-0.2, 0) is 0 Å². The second kappa shape index (κ2) is 2.37. The van der Waals surface area contributed by atoms with Gasteiger partial charge in [0.2, 0.25) is 0 Å². The molecule has 0 radical (unpaired) electrons. The number of hydrogen-bond acceptors (Lipinski definition) is 3. The molecule has 0 aliphatic carbocycles. The van der Waals surface area contributed by atoms with Crippen LogP contribution in [0.4, 0.5) is 0 Å². The molecule has 1 heterocycles. The quantitative estimate of drug-likeness (QED) is 0.538. The minimum atomic E-state index is -0.598. The lowest BCUT2D eigenvalue weighted by Crippen LogP contribution is -2.01. The number of para-hydroxylation sites is 1. The van der Waals surface area contributed by atoms with Gasteiger partial charge in [0, 0.05) is 11.5 Å². The number of benzene rings is 1. The van der Waals surface area contributed by atoms with E-state index in [1.165, 1.54) is 0 Å². The first-order valence-corrected chi connectivity index (χ1v) is 3.47. The van der Waals surface area contributed by atoms with Crippen molar-refractivity contribution >= 4 is 11.0 Å². The normalized spacial score (nSPS) is 10.3. The van der Waals surface area contributed by atoms with Crippen LogP contribution in [-0.4, -0.2) is 0 Å². The lowest BCUT2D eigenvalue weighted by molar-refractivity contribution is -0.266. The molecule has 0 saturated carbocycles. The lowest BCUT2D eigenvalue weighted by atomic mass is 10.2. The highest BCUT2D eigenvalue weighted by molar-refractivity contribution is 5.81. The third kappa shape index (κ3) is 0.955. The van der Waals surface area contributed by atoms with Crippen molar-refractivity contribution in [3.63, 3.8) is 0 Å². The zero-order chi connectivity index (χ0) is 8.55. The first-order chi connectivity index (χ1) is 5.77. The van der Waals surface area contributed by atoms with Gasteiger partial charge in [-0.1, -0.05) is 23.9 Å². The maximum atomic E-state index is 11.1. The largest absolute Gasteiger partial charge is 0.872 e. The van der Waals surface area contributed by atoms with Gasteiger partial charge in [0.05, 0.1) is 0 Å². The van der Waals surface area contributed by atoms with E-state index < -0.39 is 5.63 Å². The Kier molecular flexibility index (Phi) is 1.37. The standard InChI is InChI=1S/C9H6O3/c10-7-5-9(11)12-8-4-2-1-3-6(7)8/h1-5,10H/p-1. The molecule has 12 heavy (non-hydrogen) atoms. The fourth-order valence-electron chi connectivity index (χ4n) is 1.08. The first kappa shape index (κ1) is 6.91. The topological polar surface area (TPSA) is 53.3 Å². The molecule has 2 aromatic rings. The van der Waals surface area contributed by atoms with Crippen LogP contribution in [0.2, 0.25) is 0 Å². The Hall–Kier alpha value is -1.77. The summed E-state index contributed by atoms with van der Waals surface area (Å²) < 4.78 is 4.79. The summed E-state index contributed by atoms with van der Waals surface area (Å²) in [5, 5.41) is 11.6. The summed E-state index contributed by atoms with van der Waals surface area (Å²) in [5.74, 6) is -0.290. The molecule has 0 aliphatic heterocycles. The van der Waals surface area contributed by atoms with Crippen molar-refractivity contribution in [1.82, 2.24) is 0 Å². The Morgan fingerprint density at radius 1 is 1.25 bits per heavy atom. The van der Waals surface area contributed by atoms with Gasteiger partial charge >= 0.3 is 5.63 Å². The van der Waals surface area contributed by atoms with Gasteiger partial charge in [0.25, 0.3) is 0 Å². The molecule has 60 valence electrons. The Morgan fingerprint density at radius 2 is 2.00 bits per heavy atom. The third-order valence-corrected chi connectivity index (χ3v) is 1.61. The van der Waals surface area contributed by atoms with Crippen molar-refractivity contribution in [1.29, 1.82) is 0 Å². The fourth-order valence-corrected chi connectivity index (χ4v) is 1.08. The molecule has 0 unspecified atom stereocenters. The molecule has 3 heteroatoms. The van der Waals surface area contributed by atoms with Gasteiger partial charge in [0.15, 0.2) is 0 Å². The van der Waals surface area contributed by atoms with Gasteiger partial charge in [-0.15, -0.1) is 0 Å². The van der Waals surface area contributed by atoms with Crippen LogP contribution in [0, 0.1) is 0 Å². The van der Waals surface area contributed by atoms with Crippen molar-refractivity contribution in [2.75, 3.05) is 0 Å². The molecule has 3 nitrogen and oxygen atoms in total. The maximum absolute atomic E-state index is 11.1. The van der Waals surface area contributed by atoms with Crippen LogP contribution in [0.3, 0.4) is 0 Å². The van der Waals surface area contributed by atoms with Crippen LogP contribution in [0.25, 0.3) is 11.0 Å². The lowest BCUT2D eigenvalue weighted by Gasteiger charge is -2.06. The van der Waals surface area contributed by atoms with Crippen LogP contribution in [0.5, 0.6) is 5.75 Å². The average Bonchev–Trinajstić information content (AvgIpc) is 2.04. The third-order valence-electron chi connectivity index (χ3n) is 1.61. The predicted molar refractivity (Wildman–Crippen MR) is 41.9 cm³/mol. The second-order valence-electron chi connectivity index (χ2n) is 2.43. The monoisotopic (exact) mass is 161 g/mol. The van der Waals surface area contributed by atoms with E-state index in [0.717, 1.165) is 6.07 Å². The summed E-state index contributed by atoms with van der Waals surface area (Å²) in [6.45, 7) is 0. The summed E-state index contributed by atoms with van der Waals surface area (Å²) in [6.07, 6.45) is 0. The van der Waals surface area contributed by atoms with E-state index in [4.69, 9.17) is 4.42 Å². The van der Waals surface area contributed by atoms with E-state index in [0.29, 0.717) is 11.0 Å². The zero-order valence-corrected chi connectivity index (χ0v) is 6.11. The molecule has 0 atom stereocenters. The number of rotatable bonds is 0. The highest BCUT2D eigenvalue weighted by Gasteiger charge is 1.95. The van der Waals surface area contributed by atoms with Gasteiger partial charge in [-0.05, 0) is 6.07 Å². The van der Waals surface area contributed by atoms with Crippen molar-refractivity contribution in [2.24, 2.45) is 0 Å². The molecule has 0 saturated heterocycles. The van der Waals surface area contributed by atoms with Crippen molar-refractivity contribution in [3.8, 4) is 5.75 Å². The van der Waals surface area contributed by atoms with E-state index in [-0.39, 0.29) is 5.75 Å². The summed E-state index contributed by atoms with van der Waals surface area (Å²) >= 11 is 0. The molecule has 2 rings (SSSR count).